The van der Waals surface area contributed by atoms with Gasteiger partial charge in [-0.3, -0.25) is 0 Å². The van der Waals surface area contributed by atoms with Crippen LogP contribution >= 0.6 is 11.8 Å². The lowest BCUT2D eigenvalue weighted by atomic mass is 10.2. The van der Waals surface area contributed by atoms with Gasteiger partial charge in [-0.2, -0.15) is 0 Å². The molecule has 2 rings (SSSR count). The standard InChI is InChI=1S/C14H17NSSi/c1-17(2,3)10-6-9-16-14-11-15-13-8-5-4-7-12(13)14/h4-5,7-8,11,15H,9H2,1-3H3. The van der Waals surface area contributed by atoms with Gasteiger partial charge in [-0.1, -0.05) is 43.8 Å². The van der Waals surface area contributed by atoms with E-state index in [-0.39, 0.29) is 0 Å². The van der Waals surface area contributed by atoms with Crippen LogP contribution < -0.4 is 0 Å². The van der Waals surface area contributed by atoms with Crippen molar-refractivity contribution in [2.75, 3.05) is 5.75 Å². The molecule has 0 saturated carbocycles. The van der Waals surface area contributed by atoms with E-state index in [0.717, 1.165) is 5.75 Å². The summed E-state index contributed by atoms with van der Waals surface area (Å²) >= 11 is 1.81. The van der Waals surface area contributed by atoms with Gasteiger partial charge < -0.3 is 4.98 Å². The average Bonchev–Trinajstić information content (AvgIpc) is 2.67. The van der Waals surface area contributed by atoms with E-state index < -0.39 is 8.07 Å². The lowest BCUT2D eigenvalue weighted by Gasteiger charge is -2.03. The maximum Gasteiger partial charge on any atom is 0.129 e. The van der Waals surface area contributed by atoms with Crippen LogP contribution in [0.4, 0.5) is 0 Å². The zero-order valence-corrected chi connectivity index (χ0v) is 12.3. The molecule has 0 aliphatic heterocycles. The molecule has 0 aliphatic carbocycles. The first-order valence-electron chi connectivity index (χ1n) is 5.75. The maximum absolute atomic E-state index is 3.39. The molecule has 0 amide bonds. The van der Waals surface area contributed by atoms with Crippen molar-refractivity contribution in [3.63, 3.8) is 0 Å². The summed E-state index contributed by atoms with van der Waals surface area (Å²) in [4.78, 5) is 4.58. The molecule has 3 heteroatoms. The fourth-order valence-electron chi connectivity index (χ4n) is 1.58. The second-order valence-electron chi connectivity index (χ2n) is 5.04. The highest BCUT2D eigenvalue weighted by molar-refractivity contribution is 7.99. The fourth-order valence-corrected chi connectivity index (χ4v) is 3.10. The Bertz CT molecular complexity index is 569. The topological polar surface area (TPSA) is 15.8 Å². The second-order valence-corrected chi connectivity index (χ2v) is 10.8. The van der Waals surface area contributed by atoms with Crippen molar-refractivity contribution in [2.24, 2.45) is 0 Å². The van der Waals surface area contributed by atoms with Crippen LogP contribution in [0.15, 0.2) is 35.4 Å². The second kappa shape index (κ2) is 5.03. The first-order valence-corrected chi connectivity index (χ1v) is 10.2. The highest BCUT2D eigenvalue weighted by atomic mass is 32.2. The Morgan fingerprint density at radius 2 is 2.00 bits per heavy atom. The molecule has 1 N–H and O–H groups in total. The van der Waals surface area contributed by atoms with Crippen LogP contribution in [0, 0.1) is 11.5 Å². The first-order chi connectivity index (χ1) is 8.06. The molecule has 0 saturated heterocycles. The van der Waals surface area contributed by atoms with Gasteiger partial charge in [0.15, 0.2) is 0 Å². The molecule has 0 bridgehead atoms. The summed E-state index contributed by atoms with van der Waals surface area (Å²) in [5, 5.41) is 1.30. The summed E-state index contributed by atoms with van der Waals surface area (Å²) in [6, 6.07) is 8.39. The molecule has 0 radical (unpaired) electrons. The van der Waals surface area contributed by atoms with Crippen molar-refractivity contribution < 1.29 is 0 Å². The van der Waals surface area contributed by atoms with Gasteiger partial charge in [0.05, 0.1) is 5.75 Å². The highest BCUT2D eigenvalue weighted by Crippen LogP contribution is 2.27. The Kier molecular flexibility index (Phi) is 3.65. The van der Waals surface area contributed by atoms with Crippen molar-refractivity contribution in [1.29, 1.82) is 0 Å². The van der Waals surface area contributed by atoms with E-state index in [1.807, 2.05) is 11.8 Å². The molecule has 0 unspecified atom stereocenters. The van der Waals surface area contributed by atoms with Gasteiger partial charge in [0.2, 0.25) is 0 Å². The summed E-state index contributed by atoms with van der Waals surface area (Å²) in [5.74, 6) is 4.17. The van der Waals surface area contributed by atoms with Crippen molar-refractivity contribution in [3.05, 3.63) is 30.5 Å². The summed E-state index contributed by atoms with van der Waals surface area (Å²) in [6.07, 6.45) is 2.07. The van der Waals surface area contributed by atoms with Gasteiger partial charge in [0, 0.05) is 22.0 Å². The molecule has 1 aromatic carbocycles. The molecule has 2 aromatic rings. The molecule has 1 heterocycles. The third-order valence-electron chi connectivity index (χ3n) is 2.31. The minimum absolute atomic E-state index is 0.881. The van der Waals surface area contributed by atoms with Crippen LogP contribution in [0.3, 0.4) is 0 Å². The number of hydrogen-bond acceptors (Lipinski definition) is 1. The van der Waals surface area contributed by atoms with Crippen LogP contribution in [0.5, 0.6) is 0 Å². The van der Waals surface area contributed by atoms with Crippen molar-refractivity contribution in [1.82, 2.24) is 4.98 Å². The minimum atomic E-state index is -1.22. The molecule has 88 valence electrons. The van der Waals surface area contributed by atoms with Gasteiger partial charge in [-0.25, -0.2) is 0 Å². The van der Waals surface area contributed by atoms with E-state index in [1.165, 1.54) is 15.8 Å². The predicted octanol–water partition coefficient (Wildman–Crippen LogP) is 4.14. The normalized spacial score (nSPS) is 11.2. The van der Waals surface area contributed by atoms with Crippen LogP contribution in [0.25, 0.3) is 10.9 Å². The summed E-state index contributed by atoms with van der Waals surface area (Å²) in [7, 11) is -1.22. The summed E-state index contributed by atoms with van der Waals surface area (Å²) in [6.45, 7) is 6.82. The third-order valence-corrected chi connectivity index (χ3v) is 4.18. The zero-order chi connectivity index (χ0) is 12.3. The number of benzene rings is 1. The molecule has 1 nitrogen and oxygen atoms in total. The molecular formula is C14H17NSSi. The molecular weight excluding hydrogens is 242 g/mol. The van der Waals surface area contributed by atoms with E-state index in [2.05, 4.69) is 66.6 Å². The number of aromatic nitrogens is 1. The number of fused-ring (bicyclic) bond motifs is 1. The van der Waals surface area contributed by atoms with E-state index in [0.29, 0.717) is 0 Å². The van der Waals surface area contributed by atoms with Gasteiger partial charge in [-0.15, -0.1) is 17.3 Å². The number of hydrogen-bond donors (Lipinski definition) is 1. The summed E-state index contributed by atoms with van der Waals surface area (Å²) < 4.78 is 0. The number of H-pyrrole nitrogens is 1. The highest BCUT2D eigenvalue weighted by Gasteiger charge is 2.07. The van der Waals surface area contributed by atoms with Gasteiger partial charge >= 0.3 is 0 Å². The third kappa shape index (κ3) is 3.42. The van der Waals surface area contributed by atoms with Gasteiger partial charge in [-0.05, 0) is 6.07 Å². The zero-order valence-electron chi connectivity index (χ0n) is 10.5. The Hall–Kier alpha value is -1.11. The lowest BCUT2D eigenvalue weighted by molar-refractivity contribution is 1.42. The van der Waals surface area contributed by atoms with Gasteiger partial charge in [0.25, 0.3) is 0 Å². The SMILES string of the molecule is C[Si](C)(C)C#CCSc1c[nH]c2ccccc12. The van der Waals surface area contributed by atoms with E-state index in [1.54, 1.807) is 0 Å². The van der Waals surface area contributed by atoms with Gasteiger partial charge in [0.1, 0.15) is 8.07 Å². The molecule has 0 atom stereocenters. The molecule has 0 aliphatic rings. The first kappa shape index (κ1) is 12.3. The number of rotatable bonds is 2. The van der Waals surface area contributed by atoms with E-state index >= 15 is 0 Å². The number of nitrogens with one attached hydrogen (secondary N) is 1. The predicted molar refractivity (Wildman–Crippen MR) is 80.1 cm³/mol. The minimum Gasteiger partial charge on any atom is -0.360 e. The average molecular weight is 259 g/mol. The number of aromatic amines is 1. The molecule has 17 heavy (non-hydrogen) atoms. The molecule has 1 aromatic heterocycles. The fraction of sp³-hybridized carbons (Fsp3) is 0.286. The Balaban J connectivity index is 2.07. The lowest BCUT2D eigenvalue weighted by Crippen LogP contribution is -2.16. The van der Waals surface area contributed by atoms with E-state index in [4.69, 9.17) is 0 Å². The number of thioether (sulfide) groups is 1. The Morgan fingerprint density at radius 1 is 1.24 bits per heavy atom. The quantitative estimate of drug-likeness (QED) is 0.487. The van der Waals surface area contributed by atoms with Crippen molar-refractivity contribution >= 4 is 30.7 Å². The van der Waals surface area contributed by atoms with E-state index in [9.17, 15) is 0 Å². The van der Waals surface area contributed by atoms with Crippen molar-refractivity contribution in [3.8, 4) is 11.5 Å². The largest absolute Gasteiger partial charge is 0.360 e. The van der Waals surface area contributed by atoms with Crippen LogP contribution in [-0.2, 0) is 0 Å². The molecule has 0 fully saturated rings. The number of para-hydroxylation sites is 1. The van der Waals surface area contributed by atoms with Crippen LogP contribution in [0.2, 0.25) is 19.6 Å². The summed E-state index contributed by atoms with van der Waals surface area (Å²) in [5.41, 5.74) is 4.59. The molecule has 0 spiro atoms. The van der Waals surface area contributed by atoms with Crippen LogP contribution in [0.1, 0.15) is 0 Å². The Labute approximate surface area is 108 Å². The Morgan fingerprint density at radius 3 is 2.76 bits per heavy atom. The maximum atomic E-state index is 3.39. The van der Waals surface area contributed by atoms with Crippen molar-refractivity contribution in [2.45, 2.75) is 24.5 Å². The van der Waals surface area contributed by atoms with Crippen LogP contribution in [-0.4, -0.2) is 18.8 Å². The monoisotopic (exact) mass is 259 g/mol. The smallest absolute Gasteiger partial charge is 0.129 e.